The Kier molecular flexibility index (Phi) is 10.2. The van der Waals surface area contributed by atoms with Gasteiger partial charge < -0.3 is 22.9 Å². The Bertz CT molecular complexity index is 227. The third-order valence-electron chi connectivity index (χ3n) is 2.18. The lowest BCUT2D eigenvalue weighted by molar-refractivity contribution is 0.0315. The lowest BCUT2D eigenvalue weighted by Gasteiger charge is -2.23. The maximum atomic E-state index is 5.62. The molecule has 0 radical (unpaired) electrons. The van der Waals surface area contributed by atoms with Crippen LogP contribution in [0.25, 0.3) is 0 Å². The Morgan fingerprint density at radius 1 is 1.00 bits per heavy atom. The van der Waals surface area contributed by atoms with E-state index in [1.807, 2.05) is 20.4 Å². The molecule has 0 aromatic carbocycles. The van der Waals surface area contributed by atoms with Crippen molar-refractivity contribution in [3.05, 3.63) is 0 Å². The third-order valence-corrected chi connectivity index (χ3v) is 4.06. The minimum atomic E-state index is -2.75. The van der Waals surface area contributed by atoms with Crippen molar-refractivity contribution in [1.82, 2.24) is 0 Å². The molecule has 7 heteroatoms. The average Bonchev–Trinajstić information content (AvgIpc) is 2.37. The molecule has 0 fully saturated rings. The van der Waals surface area contributed by atoms with E-state index >= 15 is 0 Å². The Balaban J connectivity index is 4.28. The highest BCUT2D eigenvalue weighted by atomic mass is 28.4. The number of ether oxygens (including phenoxy) is 2. The van der Waals surface area contributed by atoms with Crippen LogP contribution in [0.1, 0.15) is 20.3 Å². The largest absolute Gasteiger partial charge is 0.584 e. The van der Waals surface area contributed by atoms with E-state index in [4.69, 9.17) is 22.9 Å². The zero-order valence-electron chi connectivity index (χ0n) is 12.0. The molecular formula is C11H25NO5Si. The molecule has 0 saturated heterocycles. The molecule has 18 heavy (non-hydrogen) atoms. The fraction of sp³-hybridized carbons (Fsp3) is 0.909. The molecule has 0 heterocycles. The molecule has 6 nitrogen and oxygen atoms in total. The first-order valence-corrected chi connectivity index (χ1v) is 8.28. The van der Waals surface area contributed by atoms with E-state index in [1.165, 1.54) is 0 Å². The van der Waals surface area contributed by atoms with Crippen LogP contribution in [-0.2, 0) is 22.9 Å². The average molecular weight is 279 g/mol. The maximum Gasteiger partial charge on any atom is 0.584 e. The predicted octanol–water partition coefficient (Wildman–Crippen LogP) is 1.68. The summed E-state index contributed by atoms with van der Waals surface area (Å²) in [6.45, 7) is 7.56. The monoisotopic (exact) mass is 279 g/mol. The van der Waals surface area contributed by atoms with Crippen molar-refractivity contribution in [3.8, 4) is 0 Å². The summed E-state index contributed by atoms with van der Waals surface area (Å²) in [6.07, 6.45) is 0.834. The molecule has 0 rings (SSSR count). The molecule has 0 aliphatic carbocycles. The summed E-state index contributed by atoms with van der Waals surface area (Å²) in [4.78, 5) is 0. The zero-order chi connectivity index (χ0) is 13.9. The van der Waals surface area contributed by atoms with Crippen LogP contribution in [0, 0.1) is 0 Å². The Hall–Kier alpha value is -0.473. The highest BCUT2D eigenvalue weighted by molar-refractivity contribution is 6.59. The summed E-state index contributed by atoms with van der Waals surface area (Å²) in [5.41, 5.74) is 0.902. The molecule has 0 amide bonds. The number of hydrogen-bond donors (Lipinski definition) is 0. The third kappa shape index (κ3) is 8.59. The van der Waals surface area contributed by atoms with Gasteiger partial charge >= 0.3 is 8.80 Å². The molecule has 0 aromatic heterocycles. The number of rotatable bonds is 11. The van der Waals surface area contributed by atoms with Crippen molar-refractivity contribution < 1.29 is 22.9 Å². The quantitative estimate of drug-likeness (QED) is 0.249. The molecule has 0 bridgehead atoms. The molecule has 0 aliphatic heterocycles. The first kappa shape index (κ1) is 17.5. The van der Waals surface area contributed by atoms with Gasteiger partial charge in [0.05, 0.1) is 32.1 Å². The molecular weight excluding hydrogens is 254 g/mol. The Morgan fingerprint density at radius 2 is 1.50 bits per heavy atom. The van der Waals surface area contributed by atoms with Crippen molar-refractivity contribution >= 4 is 14.5 Å². The minimum Gasteiger partial charge on any atom is -0.394 e. The van der Waals surface area contributed by atoms with Crippen LogP contribution in [0.5, 0.6) is 0 Å². The maximum absolute atomic E-state index is 5.62. The van der Waals surface area contributed by atoms with Crippen molar-refractivity contribution in [3.63, 3.8) is 0 Å². The van der Waals surface area contributed by atoms with E-state index in [-0.39, 0.29) is 0 Å². The number of nitrogens with zero attached hydrogens (tertiary/aromatic N) is 1. The molecule has 0 N–H and O–H groups in total. The first-order chi connectivity index (χ1) is 8.58. The van der Waals surface area contributed by atoms with Gasteiger partial charge in [-0.2, -0.15) is 0 Å². The van der Waals surface area contributed by atoms with Crippen LogP contribution in [-0.4, -0.2) is 55.2 Å². The summed E-state index contributed by atoms with van der Waals surface area (Å²) in [5, 5.41) is 4.02. The molecule has 0 spiro atoms. The van der Waals surface area contributed by atoms with Gasteiger partial charge in [-0.05, 0) is 13.3 Å². The molecule has 0 saturated carbocycles. The van der Waals surface area contributed by atoms with Gasteiger partial charge in [-0.1, -0.05) is 6.92 Å². The van der Waals surface area contributed by atoms with Crippen LogP contribution in [0.2, 0.25) is 6.55 Å². The number of oxime groups is 1. The van der Waals surface area contributed by atoms with Crippen LogP contribution in [0.15, 0.2) is 5.16 Å². The zero-order valence-corrected chi connectivity index (χ0v) is 13.0. The van der Waals surface area contributed by atoms with Crippen molar-refractivity contribution in [2.75, 3.05) is 40.6 Å². The van der Waals surface area contributed by atoms with Crippen molar-refractivity contribution in [2.24, 2.45) is 5.16 Å². The minimum absolute atomic E-state index is 0.424. The van der Waals surface area contributed by atoms with Crippen molar-refractivity contribution in [2.45, 2.75) is 26.8 Å². The second-order valence-electron chi connectivity index (χ2n) is 3.82. The van der Waals surface area contributed by atoms with Gasteiger partial charge in [-0.25, -0.2) is 0 Å². The van der Waals surface area contributed by atoms with Gasteiger partial charge in [0.2, 0.25) is 0 Å². The lowest BCUT2D eigenvalue weighted by Crippen LogP contribution is -2.43. The van der Waals surface area contributed by atoms with Crippen molar-refractivity contribution in [1.29, 1.82) is 0 Å². The Morgan fingerprint density at radius 3 is 1.89 bits per heavy atom. The summed E-state index contributed by atoms with van der Waals surface area (Å²) < 4.78 is 26.6. The standard InChI is InChI=1S/C11H25NO5Si/c1-6-11(2)12-17-18(5,15-9-7-13-3)16-10-8-14-4/h6-10H2,1-5H3/b12-11+. The van der Waals surface area contributed by atoms with Gasteiger partial charge in [0, 0.05) is 20.8 Å². The normalized spacial score (nSPS) is 12.8. The second-order valence-corrected chi connectivity index (χ2v) is 6.30. The highest BCUT2D eigenvalue weighted by Crippen LogP contribution is 2.10. The fourth-order valence-corrected chi connectivity index (χ4v) is 2.36. The summed E-state index contributed by atoms with van der Waals surface area (Å²) in [7, 11) is 0.488. The smallest absolute Gasteiger partial charge is 0.394 e. The van der Waals surface area contributed by atoms with Gasteiger partial charge in [-0.3, -0.25) is 0 Å². The van der Waals surface area contributed by atoms with E-state index < -0.39 is 8.80 Å². The molecule has 0 unspecified atom stereocenters. The molecule has 0 atom stereocenters. The number of methoxy groups -OCH3 is 2. The SMILES string of the molecule is CC/C(C)=N/O[Si](C)(OCCOC)OCCOC. The lowest BCUT2D eigenvalue weighted by atomic mass is 10.3. The second kappa shape index (κ2) is 10.4. The Labute approximate surface area is 111 Å². The van der Waals surface area contributed by atoms with Gasteiger partial charge in [-0.15, -0.1) is 5.16 Å². The van der Waals surface area contributed by atoms with Gasteiger partial charge in [0.1, 0.15) is 0 Å². The summed E-state index contributed by atoms with van der Waals surface area (Å²) in [5.74, 6) is 0. The molecule has 108 valence electrons. The van der Waals surface area contributed by atoms with E-state index in [9.17, 15) is 0 Å². The first-order valence-electron chi connectivity index (χ1n) is 6.05. The summed E-state index contributed by atoms with van der Waals surface area (Å²) >= 11 is 0. The molecule has 0 aliphatic rings. The molecule has 0 aromatic rings. The highest BCUT2D eigenvalue weighted by Gasteiger charge is 2.37. The van der Waals surface area contributed by atoms with Crippen LogP contribution in [0.4, 0.5) is 0 Å². The van der Waals surface area contributed by atoms with E-state index in [0.29, 0.717) is 26.4 Å². The van der Waals surface area contributed by atoms with Crippen LogP contribution < -0.4 is 0 Å². The van der Waals surface area contributed by atoms with E-state index in [1.54, 1.807) is 14.2 Å². The van der Waals surface area contributed by atoms with E-state index in [2.05, 4.69) is 5.16 Å². The predicted molar refractivity (Wildman–Crippen MR) is 71.8 cm³/mol. The van der Waals surface area contributed by atoms with E-state index in [0.717, 1.165) is 12.1 Å². The fourth-order valence-electron chi connectivity index (χ4n) is 0.941. The van der Waals surface area contributed by atoms with Crippen LogP contribution >= 0.6 is 0 Å². The van der Waals surface area contributed by atoms with Crippen LogP contribution in [0.3, 0.4) is 0 Å². The van der Waals surface area contributed by atoms with Gasteiger partial charge in [0.15, 0.2) is 0 Å². The van der Waals surface area contributed by atoms with Gasteiger partial charge in [0.25, 0.3) is 0 Å². The topological polar surface area (TPSA) is 58.5 Å². The number of hydrogen-bond acceptors (Lipinski definition) is 6. The summed E-state index contributed by atoms with van der Waals surface area (Å²) in [6, 6.07) is 0.